The van der Waals surface area contributed by atoms with Crippen molar-refractivity contribution in [2.75, 3.05) is 11.1 Å². The normalized spacial score (nSPS) is 10.5. The van der Waals surface area contributed by atoms with Gasteiger partial charge < -0.3 is 15.6 Å². The van der Waals surface area contributed by atoms with Crippen LogP contribution in [-0.2, 0) is 11.3 Å². The van der Waals surface area contributed by atoms with Gasteiger partial charge in [0.1, 0.15) is 5.82 Å². The van der Waals surface area contributed by atoms with Gasteiger partial charge in [0.15, 0.2) is 0 Å². The third kappa shape index (κ3) is 3.74. The number of nitrogen functional groups attached to an aromatic ring is 1. The first-order chi connectivity index (χ1) is 9.56. The fraction of sp³-hybridized carbons (Fsp3) is 0.286. The van der Waals surface area contributed by atoms with Crippen molar-refractivity contribution in [3.8, 4) is 0 Å². The number of anilines is 2. The van der Waals surface area contributed by atoms with Gasteiger partial charge in [-0.2, -0.15) is 0 Å². The number of rotatable bonds is 5. The molecule has 5 nitrogen and oxygen atoms in total. The van der Waals surface area contributed by atoms with E-state index in [0.717, 1.165) is 18.8 Å². The minimum atomic E-state index is -0.0607. The van der Waals surface area contributed by atoms with E-state index in [2.05, 4.69) is 10.3 Å². The number of aromatic nitrogens is 2. The maximum Gasteiger partial charge on any atom is 0.224 e. The van der Waals surface area contributed by atoms with Gasteiger partial charge in [-0.1, -0.05) is 11.6 Å². The molecule has 6 heteroatoms. The zero-order valence-electron chi connectivity index (χ0n) is 11.3. The van der Waals surface area contributed by atoms with E-state index in [1.54, 1.807) is 24.4 Å². The highest BCUT2D eigenvalue weighted by molar-refractivity contribution is 6.34. The van der Waals surface area contributed by atoms with Crippen LogP contribution in [0.2, 0.25) is 5.02 Å². The Morgan fingerprint density at radius 1 is 1.50 bits per heavy atom. The van der Waals surface area contributed by atoms with Crippen LogP contribution >= 0.6 is 11.6 Å². The van der Waals surface area contributed by atoms with Crippen LogP contribution in [0.4, 0.5) is 11.4 Å². The number of nitrogens with zero attached hydrogens (tertiary/aromatic N) is 2. The first-order valence-electron chi connectivity index (χ1n) is 6.39. The SMILES string of the molecule is Cc1nccn1CCCC(=O)Nc1ccc(N)cc1Cl. The van der Waals surface area contributed by atoms with E-state index in [9.17, 15) is 4.79 Å². The molecular formula is C14H17ClN4O. The summed E-state index contributed by atoms with van der Waals surface area (Å²) in [6.45, 7) is 2.71. The molecule has 1 aromatic heterocycles. The average molecular weight is 293 g/mol. The number of nitrogens with one attached hydrogen (secondary N) is 1. The highest BCUT2D eigenvalue weighted by atomic mass is 35.5. The van der Waals surface area contributed by atoms with Crippen molar-refractivity contribution in [1.82, 2.24) is 9.55 Å². The summed E-state index contributed by atoms with van der Waals surface area (Å²) in [6, 6.07) is 5.03. The minimum absolute atomic E-state index is 0.0607. The number of carbonyl (C=O) groups excluding carboxylic acids is 1. The molecule has 20 heavy (non-hydrogen) atoms. The van der Waals surface area contributed by atoms with Gasteiger partial charge in [0.2, 0.25) is 5.91 Å². The molecule has 0 radical (unpaired) electrons. The number of amides is 1. The average Bonchev–Trinajstić information content (AvgIpc) is 2.79. The minimum Gasteiger partial charge on any atom is -0.399 e. The summed E-state index contributed by atoms with van der Waals surface area (Å²) >= 11 is 6.00. The van der Waals surface area contributed by atoms with Gasteiger partial charge in [0.05, 0.1) is 10.7 Å². The number of aryl methyl sites for hydroxylation is 2. The van der Waals surface area contributed by atoms with Gasteiger partial charge in [-0.15, -0.1) is 0 Å². The van der Waals surface area contributed by atoms with E-state index < -0.39 is 0 Å². The monoisotopic (exact) mass is 292 g/mol. The highest BCUT2D eigenvalue weighted by Gasteiger charge is 2.06. The molecular weight excluding hydrogens is 276 g/mol. The summed E-state index contributed by atoms with van der Waals surface area (Å²) in [5.74, 6) is 0.890. The van der Waals surface area contributed by atoms with Gasteiger partial charge >= 0.3 is 0 Å². The van der Waals surface area contributed by atoms with E-state index in [-0.39, 0.29) is 5.91 Å². The van der Waals surface area contributed by atoms with E-state index >= 15 is 0 Å². The summed E-state index contributed by atoms with van der Waals surface area (Å²) in [6.07, 6.45) is 4.83. The van der Waals surface area contributed by atoms with Gasteiger partial charge in [0.25, 0.3) is 0 Å². The van der Waals surface area contributed by atoms with Crippen LogP contribution in [0.3, 0.4) is 0 Å². The lowest BCUT2D eigenvalue weighted by atomic mass is 10.2. The van der Waals surface area contributed by atoms with Gasteiger partial charge in [0, 0.05) is 31.0 Å². The molecule has 1 amide bonds. The third-order valence-electron chi connectivity index (χ3n) is 2.99. The van der Waals surface area contributed by atoms with Crippen LogP contribution in [0, 0.1) is 6.92 Å². The zero-order valence-corrected chi connectivity index (χ0v) is 12.0. The molecule has 106 valence electrons. The van der Waals surface area contributed by atoms with Crippen LogP contribution in [0.1, 0.15) is 18.7 Å². The highest BCUT2D eigenvalue weighted by Crippen LogP contribution is 2.24. The Bertz CT molecular complexity index is 609. The van der Waals surface area contributed by atoms with Gasteiger partial charge in [-0.25, -0.2) is 4.98 Å². The molecule has 0 aliphatic rings. The van der Waals surface area contributed by atoms with Gasteiger partial charge in [-0.05, 0) is 31.5 Å². The quantitative estimate of drug-likeness (QED) is 0.832. The summed E-state index contributed by atoms with van der Waals surface area (Å²) in [4.78, 5) is 16.0. The molecule has 0 saturated carbocycles. The third-order valence-corrected chi connectivity index (χ3v) is 3.31. The molecule has 0 aliphatic heterocycles. The Morgan fingerprint density at radius 3 is 2.95 bits per heavy atom. The number of imidazole rings is 1. The fourth-order valence-corrected chi connectivity index (χ4v) is 2.13. The molecule has 0 aliphatic carbocycles. The second-order valence-corrected chi connectivity index (χ2v) is 4.97. The van der Waals surface area contributed by atoms with Crippen molar-refractivity contribution >= 4 is 28.9 Å². The number of hydrogen-bond donors (Lipinski definition) is 2. The number of benzene rings is 1. The first-order valence-corrected chi connectivity index (χ1v) is 6.76. The maximum absolute atomic E-state index is 11.8. The topological polar surface area (TPSA) is 72.9 Å². The van der Waals surface area contributed by atoms with Crippen molar-refractivity contribution < 1.29 is 4.79 Å². The van der Waals surface area contributed by atoms with Crippen LogP contribution in [0.25, 0.3) is 0 Å². The van der Waals surface area contributed by atoms with Crippen molar-refractivity contribution in [2.24, 2.45) is 0 Å². The maximum atomic E-state index is 11.8. The number of halogens is 1. The largest absolute Gasteiger partial charge is 0.399 e. The lowest BCUT2D eigenvalue weighted by molar-refractivity contribution is -0.116. The molecule has 2 rings (SSSR count). The molecule has 0 saturated heterocycles. The molecule has 1 aromatic carbocycles. The predicted octanol–water partition coefficient (Wildman–Crippen LogP) is 2.85. The summed E-state index contributed by atoms with van der Waals surface area (Å²) in [7, 11) is 0. The number of hydrogen-bond acceptors (Lipinski definition) is 3. The summed E-state index contributed by atoms with van der Waals surface area (Å²) in [5, 5.41) is 3.23. The van der Waals surface area contributed by atoms with Crippen molar-refractivity contribution in [1.29, 1.82) is 0 Å². The second-order valence-electron chi connectivity index (χ2n) is 4.56. The molecule has 0 fully saturated rings. The molecule has 0 bridgehead atoms. The van der Waals surface area contributed by atoms with E-state index in [1.165, 1.54) is 0 Å². The molecule has 2 aromatic rings. The van der Waals surface area contributed by atoms with Crippen molar-refractivity contribution in [3.63, 3.8) is 0 Å². The Kier molecular flexibility index (Phi) is 4.63. The summed E-state index contributed by atoms with van der Waals surface area (Å²) in [5.41, 5.74) is 6.76. The Balaban J connectivity index is 1.82. The molecule has 0 spiro atoms. The zero-order chi connectivity index (χ0) is 14.5. The van der Waals surface area contributed by atoms with E-state index in [4.69, 9.17) is 17.3 Å². The lowest BCUT2D eigenvalue weighted by Crippen LogP contribution is -2.13. The fourth-order valence-electron chi connectivity index (χ4n) is 1.90. The van der Waals surface area contributed by atoms with Crippen LogP contribution in [0.5, 0.6) is 0 Å². The molecule has 1 heterocycles. The number of nitrogens with two attached hydrogens (primary N) is 1. The van der Waals surface area contributed by atoms with Crippen LogP contribution in [-0.4, -0.2) is 15.5 Å². The second kappa shape index (κ2) is 6.43. The first kappa shape index (κ1) is 14.4. The smallest absolute Gasteiger partial charge is 0.224 e. The number of carbonyl (C=O) groups is 1. The van der Waals surface area contributed by atoms with E-state index in [0.29, 0.717) is 22.8 Å². The van der Waals surface area contributed by atoms with Crippen molar-refractivity contribution in [3.05, 3.63) is 41.4 Å². The Labute approximate surface area is 122 Å². The lowest BCUT2D eigenvalue weighted by Gasteiger charge is -2.08. The predicted molar refractivity (Wildman–Crippen MR) is 80.7 cm³/mol. The Hall–Kier alpha value is -2.01. The van der Waals surface area contributed by atoms with Crippen LogP contribution in [0.15, 0.2) is 30.6 Å². The molecule has 0 atom stereocenters. The summed E-state index contributed by atoms with van der Waals surface area (Å²) < 4.78 is 2.02. The van der Waals surface area contributed by atoms with E-state index in [1.807, 2.05) is 17.7 Å². The molecule has 0 unspecified atom stereocenters. The Morgan fingerprint density at radius 2 is 2.30 bits per heavy atom. The van der Waals surface area contributed by atoms with Crippen LogP contribution < -0.4 is 11.1 Å². The van der Waals surface area contributed by atoms with Crippen molar-refractivity contribution in [2.45, 2.75) is 26.3 Å². The standard InChI is InChI=1S/C14H17ClN4O/c1-10-17-6-8-19(10)7-2-3-14(20)18-13-5-4-11(16)9-12(13)15/h4-6,8-9H,2-3,7,16H2,1H3,(H,18,20). The van der Waals surface area contributed by atoms with Gasteiger partial charge in [-0.3, -0.25) is 4.79 Å². The molecule has 3 N–H and O–H groups in total.